The van der Waals surface area contributed by atoms with Crippen molar-refractivity contribution in [2.45, 2.75) is 25.5 Å². The van der Waals surface area contributed by atoms with Crippen molar-refractivity contribution in [2.75, 3.05) is 32.7 Å². The van der Waals surface area contributed by atoms with Gasteiger partial charge in [0.2, 0.25) is 5.91 Å². The Morgan fingerprint density at radius 1 is 1.22 bits per heavy atom. The Morgan fingerprint density at radius 3 is 2.39 bits per heavy atom. The highest BCUT2D eigenvalue weighted by molar-refractivity contribution is 7.13. The second-order valence-electron chi connectivity index (χ2n) is 5.88. The highest BCUT2D eigenvalue weighted by Crippen LogP contribution is 2.19. The van der Waals surface area contributed by atoms with Gasteiger partial charge in [-0.2, -0.15) is 0 Å². The lowest BCUT2D eigenvalue weighted by Crippen LogP contribution is -2.54. The van der Waals surface area contributed by atoms with Crippen LogP contribution in [0.15, 0.2) is 12.1 Å². The molecule has 2 amide bonds. The molecule has 2 aliphatic rings. The van der Waals surface area contributed by atoms with E-state index in [4.69, 9.17) is 0 Å². The molecule has 1 aromatic heterocycles. The fourth-order valence-corrected chi connectivity index (χ4v) is 3.80. The van der Waals surface area contributed by atoms with Gasteiger partial charge >= 0.3 is 0 Å². The molecule has 0 aliphatic carbocycles. The maximum Gasteiger partial charge on any atom is 0.264 e. The predicted molar refractivity (Wildman–Crippen MR) is 91.2 cm³/mol. The second-order valence-corrected chi connectivity index (χ2v) is 7.17. The van der Waals surface area contributed by atoms with Crippen molar-refractivity contribution in [3.8, 4) is 0 Å². The van der Waals surface area contributed by atoms with Gasteiger partial charge in [0, 0.05) is 37.6 Å². The molecule has 2 atom stereocenters. The lowest BCUT2D eigenvalue weighted by Gasteiger charge is -2.35. The van der Waals surface area contributed by atoms with Crippen LogP contribution < -0.4 is 5.32 Å². The predicted octanol–water partition coefficient (Wildman–Crippen LogP) is 0.486. The number of carbonyl (C=O) groups excluding carboxylic acids is 2. The van der Waals surface area contributed by atoms with Gasteiger partial charge in [0.15, 0.2) is 0 Å². The second kappa shape index (κ2) is 7.61. The molecule has 0 saturated carbocycles. The number of nitrogens with zero attached hydrogens (tertiary/aromatic N) is 2. The Balaban J connectivity index is 0.00000192. The normalized spacial score (nSPS) is 24.4. The quantitative estimate of drug-likeness (QED) is 0.806. The van der Waals surface area contributed by atoms with Crippen LogP contribution in [0.3, 0.4) is 0 Å². The lowest BCUT2D eigenvalue weighted by atomic mass is 10.1. The molecule has 2 saturated heterocycles. The SMILES string of the molecule is Cc1ccc(C(=O)N2CCN(C(=O)C3CC(O)CN3)CC2)s1.Cl. The Labute approximate surface area is 145 Å². The summed E-state index contributed by atoms with van der Waals surface area (Å²) in [5.41, 5.74) is 0. The molecule has 3 rings (SSSR count). The van der Waals surface area contributed by atoms with Crippen LogP contribution in [0.1, 0.15) is 21.0 Å². The molecule has 2 fully saturated rings. The number of hydrogen-bond acceptors (Lipinski definition) is 5. The first-order valence-corrected chi connectivity index (χ1v) is 8.42. The number of aliphatic hydroxyl groups is 1. The fraction of sp³-hybridized carbons (Fsp3) is 0.600. The third kappa shape index (κ3) is 4.03. The molecule has 128 valence electrons. The van der Waals surface area contributed by atoms with Gasteiger partial charge in [0.1, 0.15) is 0 Å². The Hall–Kier alpha value is -1.15. The van der Waals surface area contributed by atoms with E-state index in [9.17, 15) is 14.7 Å². The average molecular weight is 360 g/mol. The van der Waals surface area contributed by atoms with Gasteiger partial charge < -0.3 is 20.2 Å². The zero-order valence-corrected chi connectivity index (χ0v) is 14.7. The van der Waals surface area contributed by atoms with Crippen LogP contribution in [0.25, 0.3) is 0 Å². The number of nitrogens with one attached hydrogen (secondary N) is 1. The number of carbonyl (C=O) groups is 2. The molecule has 0 aromatic carbocycles. The average Bonchev–Trinajstić information content (AvgIpc) is 3.14. The Bertz CT molecular complexity index is 572. The molecular formula is C15H22ClN3O3S. The summed E-state index contributed by atoms with van der Waals surface area (Å²) in [5, 5.41) is 12.6. The van der Waals surface area contributed by atoms with Crippen LogP contribution in [0, 0.1) is 6.92 Å². The highest BCUT2D eigenvalue weighted by Gasteiger charge is 2.33. The van der Waals surface area contributed by atoms with Crippen molar-refractivity contribution >= 4 is 35.6 Å². The van der Waals surface area contributed by atoms with E-state index in [-0.39, 0.29) is 30.3 Å². The Morgan fingerprint density at radius 2 is 1.87 bits per heavy atom. The number of β-amino-alcohol motifs (C(OH)–C–C–N with tert-alkyl or cyclic N) is 1. The molecule has 6 nitrogen and oxygen atoms in total. The molecular weight excluding hydrogens is 338 g/mol. The van der Waals surface area contributed by atoms with Gasteiger partial charge in [-0.15, -0.1) is 23.7 Å². The summed E-state index contributed by atoms with van der Waals surface area (Å²) in [6.07, 6.45) is 0.0470. The summed E-state index contributed by atoms with van der Waals surface area (Å²) in [5.74, 6) is 0.0928. The summed E-state index contributed by atoms with van der Waals surface area (Å²) in [4.78, 5) is 30.2. The van der Waals surface area contributed by atoms with Crippen molar-refractivity contribution < 1.29 is 14.7 Å². The lowest BCUT2D eigenvalue weighted by molar-refractivity contribution is -0.134. The third-order valence-corrected chi connectivity index (χ3v) is 5.22. The Kier molecular flexibility index (Phi) is 6.02. The van der Waals surface area contributed by atoms with E-state index in [1.165, 1.54) is 11.3 Å². The number of piperazine rings is 1. The van der Waals surface area contributed by atoms with E-state index in [2.05, 4.69) is 5.32 Å². The summed E-state index contributed by atoms with van der Waals surface area (Å²) < 4.78 is 0. The van der Waals surface area contributed by atoms with Crippen LogP contribution >= 0.6 is 23.7 Å². The molecule has 8 heteroatoms. The molecule has 3 heterocycles. The standard InChI is InChI=1S/C15H21N3O3S.ClH/c1-10-2-3-13(22-10)15(21)18-6-4-17(5-7-18)14(20)12-8-11(19)9-16-12;/h2-3,11-12,16,19H,4-9H2,1H3;1H. The summed E-state index contributed by atoms with van der Waals surface area (Å²) in [6.45, 7) is 4.72. The highest BCUT2D eigenvalue weighted by atomic mass is 35.5. The van der Waals surface area contributed by atoms with Crippen molar-refractivity contribution in [1.82, 2.24) is 15.1 Å². The zero-order valence-electron chi connectivity index (χ0n) is 13.0. The molecule has 1 aromatic rings. The van der Waals surface area contributed by atoms with Gasteiger partial charge in [-0.25, -0.2) is 0 Å². The molecule has 2 unspecified atom stereocenters. The van der Waals surface area contributed by atoms with Gasteiger partial charge in [0.05, 0.1) is 17.0 Å². The molecule has 0 spiro atoms. The summed E-state index contributed by atoms with van der Waals surface area (Å²) in [7, 11) is 0. The number of aliphatic hydroxyl groups excluding tert-OH is 1. The largest absolute Gasteiger partial charge is 0.392 e. The van der Waals surface area contributed by atoms with E-state index < -0.39 is 6.10 Å². The van der Waals surface area contributed by atoms with Crippen LogP contribution in [0.2, 0.25) is 0 Å². The van der Waals surface area contributed by atoms with E-state index in [0.717, 1.165) is 9.75 Å². The minimum atomic E-state index is -0.432. The molecule has 2 aliphatic heterocycles. The number of amides is 2. The van der Waals surface area contributed by atoms with E-state index >= 15 is 0 Å². The molecule has 0 radical (unpaired) electrons. The first-order chi connectivity index (χ1) is 10.5. The van der Waals surface area contributed by atoms with Crippen LogP contribution in [0.5, 0.6) is 0 Å². The summed E-state index contributed by atoms with van der Waals surface area (Å²) >= 11 is 1.51. The summed E-state index contributed by atoms with van der Waals surface area (Å²) in [6, 6.07) is 3.54. The number of halogens is 1. The zero-order chi connectivity index (χ0) is 15.7. The third-order valence-electron chi connectivity index (χ3n) is 4.24. The molecule has 23 heavy (non-hydrogen) atoms. The van der Waals surface area contributed by atoms with Crippen molar-refractivity contribution in [1.29, 1.82) is 0 Å². The van der Waals surface area contributed by atoms with E-state index in [1.54, 1.807) is 4.90 Å². The van der Waals surface area contributed by atoms with Crippen LogP contribution in [-0.4, -0.2) is 71.6 Å². The number of hydrogen-bond donors (Lipinski definition) is 2. The van der Waals surface area contributed by atoms with Gasteiger partial charge in [-0.05, 0) is 25.5 Å². The van der Waals surface area contributed by atoms with Crippen LogP contribution in [0.4, 0.5) is 0 Å². The minimum absolute atomic E-state index is 0. The first kappa shape index (κ1) is 18.2. The topological polar surface area (TPSA) is 72.9 Å². The minimum Gasteiger partial charge on any atom is -0.392 e. The fourth-order valence-electron chi connectivity index (χ4n) is 2.96. The maximum atomic E-state index is 12.4. The van der Waals surface area contributed by atoms with Crippen molar-refractivity contribution in [2.24, 2.45) is 0 Å². The smallest absolute Gasteiger partial charge is 0.264 e. The number of aryl methyl sites for hydroxylation is 1. The van der Waals surface area contributed by atoms with Crippen LogP contribution in [-0.2, 0) is 4.79 Å². The maximum absolute atomic E-state index is 12.4. The van der Waals surface area contributed by atoms with Crippen molar-refractivity contribution in [3.05, 3.63) is 21.9 Å². The first-order valence-electron chi connectivity index (χ1n) is 7.60. The van der Waals surface area contributed by atoms with E-state index in [1.807, 2.05) is 24.0 Å². The molecule has 0 bridgehead atoms. The van der Waals surface area contributed by atoms with Gasteiger partial charge in [0.25, 0.3) is 5.91 Å². The van der Waals surface area contributed by atoms with E-state index in [0.29, 0.717) is 39.1 Å². The van der Waals surface area contributed by atoms with Crippen molar-refractivity contribution in [3.63, 3.8) is 0 Å². The van der Waals surface area contributed by atoms with Gasteiger partial charge in [-0.1, -0.05) is 0 Å². The monoisotopic (exact) mass is 359 g/mol. The number of rotatable bonds is 2. The molecule has 2 N–H and O–H groups in total. The van der Waals surface area contributed by atoms with Gasteiger partial charge in [-0.3, -0.25) is 9.59 Å². The number of thiophene rings is 1.